The third-order valence-electron chi connectivity index (χ3n) is 2.92. The predicted octanol–water partition coefficient (Wildman–Crippen LogP) is 4.09. The van der Waals surface area contributed by atoms with Gasteiger partial charge in [-0.15, -0.1) is 0 Å². The molecular formula is C15H17BrN2. The Morgan fingerprint density at radius 2 is 2.00 bits per heavy atom. The molecule has 0 aliphatic carbocycles. The number of nitrogens with zero attached hydrogens (tertiary/aromatic N) is 1. The van der Waals surface area contributed by atoms with Crippen LogP contribution in [0.4, 0.5) is 0 Å². The Morgan fingerprint density at radius 1 is 1.22 bits per heavy atom. The summed E-state index contributed by atoms with van der Waals surface area (Å²) in [4.78, 5) is 4.17. The van der Waals surface area contributed by atoms with Crippen molar-refractivity contribution in [1.29, 1.82) is 0 Å². The summed E-state index contributed by atoms with van der Waals surface area (Å²) in [7, 11) is 0. The van der Waals surface area contributed by atoms with Crippen molar-refractivity contribution < 1.29 is 0 Å². The van der Waals surface area contributed by atoms with Crippen molar-refractivity contribution in [3.8, 4) is 0 Å². The maximum absolute atomic E-state index is 4.17. The van der Waals surface area contributed by atoms with Crippen LogP contribution in [0.3, 0.4) is 0 Å². The van der Waals surface area contributed by atoms with Crippen LogP contribution in [0, 0.1) is 0 Å². The molecule has 1 aromatic heterocycles. The fraction of sp³-hybridized carbons (Fsp3) is 0.267. The van der Waals surface area contributed by atoms with Gasteiger partial charge in [0.25, 0.3) is 0 Å². The first-order valence-corrected chi connectivity index (χ1v) is 6.96. The van der Waals surface area contributed by atoms with Gasteiger partial charge in [0.1, 0.15) is 0 Å². The molecule has 1 unspecified atom stereocenters. The number of aromatic nitrogens is 1. The summed E-state index contributed by atoms with van der Waals surface area (Å²) in [6, 6.07) is 13.0. The molecule has 0 aliphatic heterocycles. The van der Waals surface area contributed by atoms with Crippen LogP contribution in [-0.2, 0) is 6.54 Å². The first-order chi connectivity index (χ1) is 8.79. The third-order valence-corrected chi connectivity index (χ3v) is 3.36. The number of rotatable bonds is 5. The first-order valence-electron chi connectivity index (χ1n) is 6.17. The van der Waals surface area contributed by atoms with E-state index in [1.54, 1.807) is 6.20 Å². The Balaban J connectivity index is 2.00. The van der Waals surface area contributed by atoms with E-state index in [2.05, 4.69) is 69.6 Å². The molecule has 2 nitrogen and oxygen atoms in total. The second-order valence-electron chi connectivity index (χ2n) is 4.26. The lowest BCUT2D eigenvalue weighted by molar-refractivity contribution is 0.518. The highest BCUT2D eigenvalue weighted by atomic mass is 79.9. The molecule has 3 heteroatoms. The van der Waals surface area contributed by atoms with Crippen molar-refractivity contribution in [2.45, 2.75) is 25.9 Å². The van der Waals surface area contributed by atoms with Crippen LogP contribution in [0.2, 0.25) is 0 Å². The zero-order valence-electron chi connectivity index (χ0n) is 10.4. The summed E-state index contributed by atoms with van der Waals surface area (Å²) in [5.41, 5.74) is 2.53. The predicted molar refractivity (Wildman–Crippen MR) is 78.3 cm³/mol. The summed E-state index contributed by atoms with van der Waals surface area (Å²) in [5, 5.41) is 3.57. The van der Waals surface area contributed by atoms with Gasteiger partial charge >= 0.3 is 0 Å². The second-order valence-corrected chi connectivity index (χ2v) is 5.18. The van der Waals surface area contributed by atoms with Gasteiger partial charge in [0, 0.05) is 29.5 Å². The molecule has 0 bridgehead atoms. The van der Waals surface area contributed by atoms with Crippen LogP contribution in [0.5, 0.6) is 0 Å². The van der Waals surface area contributed by atoms with Gasteiger partial charge in [-0.05, 0) is 39.5 Å². The quantitative estimate of drug-likeness (QED) is 0.900. The highest BCUT2D eigenvalue weighted by Crippen LogP contribution is 2.17. The maximum atomic E-state index is 4.17. The molecule has 0 saturated heterocycles. The molecule has 18 heavy (non-hydrogen) atoms. The smallest absolute Gasteiger partial charge is 0.0410 e. The van der Waals surface area contributed by atoms with E-state index in [0.29, 0.717) is 6.04 Å². The van der Waals surface area contributed by atoms with E-state index in [4.69, 9.17) is 0 Å². The van der Waals surface area contributed by atoms with Crippen LogP contribution in [0.15, 0.2) is 53.3 Å². The van der Waals surface area contributed by atoms with Crippen LogP contribution in [0.1, 0.15) is 30.5 Å². The van der Waals surface area contributed by atoms with Gasteiger partial charge in [0.2, 0.25) is 0 Å². The highest BCUT2D eigenvalue weighted by molar-refractivity contribution is 9.10. The van der Waals surface area contributed by atoms with E-state index in [1.807, 2.05) is 6.20 Å². The van der Waals surface area contributed by atoms with Crippen LogP contribution in [-0.4, -0.2) is 4.98 Å². The number of benzene rings is 1. The first kappa shape index (κ1) is 13.2. The summed E-state index contributed by atoms with van der Waals surface area (Å²) in [6.07, 6.45) is 4.78. The van der Waals surface area contributed by atoms with E-state index >= 15 is 0 Å². The highest BCUT2D eigenvalue weighted by Gasteiger charge is 2.07. The van der Waals surface area contributed by atoms with Gasteiger partial charge in [-0.2, -0.15) is 0 Å². The van der Waals surface area contributed by atoms with Crippen LogP contribution >= 0.6 is 15.9 Å². The van der Waals surface area contributed by atoms with Gasteiger partial charge < -0.3 is 5.32 Å². The molecule has 0 radical (unpaired) electrons. The Bertz CT molecular complexity index is 485. The van der Waals surface area contributed by atoms with Crippen molar-refractivity contribution in [3.63, 3.8) is 0 Å². The minimum absolute atomic E-state index is 0.394. The van der Waals surface area contributed by atoms with E-state index in [1.165, 1.54) is 11.1 Å². The Kier molecular flexibility index (Phi) is 4.90. The summed E-state index contributed by atoms with van der Waals surface area (Å²) in [6.45, 7) is 3.03. The topological polar surface area (TPSA) is 24.9 Å². The zero-order chi connectivity index (χ0) is 12.8. The lowest BCUT2D eigenvalue weighted by atomic mass is 10.0. The molecule has 1 N–H and O–H groups in total. The number of pyridine rings is 1. The molecule has 0 fully saturated rings. The number of hydrogen-bond donors (Lipinski definition) is 1. The fourth-order valence-corrected chi connectivity index (χ4v) is 2.39. The van der Waals surface area contributed by atoms with E-state index < -0.39 is 0 Å². The van der Waals surface area contributed by atoms with E-state index in [0.717, 1.165) is 17.4 Å². The zero-order valence-corrected chi connectivity index (χ0v) is 12.0. The Labute approximate surface area is 117 Å². The molecule has 2 rings (SSSR count). The minimum atomic E-state index is 0.394. The Morgan fingerprint density at radius 3 is 2.67 bits per heavy atom. The minimum Gasteiger partial charge on any atom is -0.306 e. The van der Waals surface area contributed by atoms with Crippen molar-refractivity contribution in [2.75, 3.05) is 0 Å². The van der Waals surface area contributed by atoms with Crippen molar-refractivity contribution in [2.24, 2.45) is 0 Å². The fourth-order valence-electron chi connectivity index (χ4n) is 1.98. The average Bonchev–Trinajstić information content (AvgIpc) is 2.41. The molecule has 1 aromatic carbocycles. The molecule has 1 heterocycles. The molecule has 0 amide bonds. The van der Waals surface area contributed by atoms with Gasteiger partial charge in [-0.25, -0.2) is 0 Å². The standard InChI is InChI=1S/C15H17BrN2/c1-2-15(13-6-4-3-5-7-13)18-10-12-8-14(16)11-17-9-12/h3-9,11,15,18H,2,10H2,1H3. The van der Waals surface area contributed by atoms with Crippen LogP contribution < -0.4 is 5.32 Å². The SMILES string of the molecule is CCC(NCc1cncc(Br)c1)c1ccccc1. The maximum Gasteiger partial charge on any atom is 0.0410 e. The second kappa shape index (κ2) is 6.66. The summed E-state index contributed by atoms with van der Waals surface area (Å²) < 4.78 is 1.02. The molecule has 0 aliphatic rings. The lowest BCUT2D eigenvalue weighted by Crippen LogP contribution is -2.20. The molecular weight excluding hydrogens is 288 g/mol. The molecule has 0 saturated carbocycles. The van der Waals surface area contributed by atoms with Gasteiger partial charge in [-0.3, -0.25) is 4.98 Å². The number of hydrogen-bond acceptors (Lipinski definition) is 2. The summed E-state index contributed by atoms with van der Waals surface area (Å²) >= 11 is 3.44. The average molecular weight is 305 g/mol. The van der Waals surface area contributed by atoms with Gasteiger partial charge in [-0.1, -0.05) is 37.3 Å². The van der Waals surface area contributed by atoms with Crippen LogP contribution in [0.25, 0.3) is 0 Å². The van der Waals surface area contributed by atoms with Crippen molar-refractivity contribution in [1.82, 2.24) is 10.3 Å². The Hall–Kier alpha value is -1.19. The molecule has 94 valence electrons. The van der Waals surface area contributed by atoms with Crippen molar-refractivity contribution in [3.05, 3.63) is 64.4 Å². The monoisotopic (exact) mass is 304 g/mol. The number of nitrogens with one attached hydrogen (secondary N) is 1. The lowest BCUT2D eigenvalue weighted by Gasteiger charge is -2.17. The normalized spacial score (nSPS) is 12.3. The van der Waals surface area contributed by atoms with E-state index in [9.17, 15) is 0 Å². The molecule has 1 atom stereocenters. The van der Waals surface area contributed by atoms with Crippen molar-refractivity contribution >= 4 is 15.9 Å². The summed E-state index contributed by atoms with van der Waals surface area (Å²) in [5.74, 6) is 0. The van der Waals surface area contributed by atoms with E-state index in [-0.39, 0.29) is 0 Å². The van der Waals surface area contributed by atoms with Gasteiger partial charge in [0.05, 0.1) is 0 Å². The molecule has 2 aromatic rings. The largest absolute Gasteiger partial charge is 0.306 e. The molecule has 0 spiro atoms. The number of halogens is 1. The third kappa shape index (κ3) is 3.65. The van der Waals surface area contributed by atoms with Gasteiger partial charge in [0.15, 0.2) is 0 Å².